The quantitative estimate of drug-likeness (QED) is 0.347. The molecule has 1 aromatic rings. The first-order chi connectivity index (χ1) is 12.4. The molecule has 1 aromatic carbocycles. The SMILES string of the molecule is CCC(C)NC(=NC)NCc1ccccc1S(=O)(=O)N1CCN(C)CC1.I. The average molecular weight is 509 g/mol. The molecule has 0 saturated carbocycles. The summed E-state index contributed by atoms with van der Waals surface area (Å²) in [7, 11) is 0.232. The molecule has 1 atom stereocenters. The van der Waals surface area contributed by atoms with Gasteiger partial charge in [-0.05, 0) is 32.0 Å². The second-order valence-corrected chi connectivity index (χ2v) is 8.60. The summed E-state index contributed by atoms with van der Waals surface area (Å²) in [5, 5.41) is 6.51. The van der Waals surface area contributed by atoms with Gasteiger partial charge >= 0.3 is 0 Å². The van der Waals surface area contributed by atoms with Crippen LogP contribution in [-0.2, 0) is 16.6 Å². The van der Waals surface area contributed by atoms with Crippen molar-refractivity contribution in [3.63, 3.8) is 0 Å². The number of guanidine groups is 1. The number of piperazine rings is 1. The van der Waals surface area contributed by atoms with E-state index in [2.05, 4.69) is 34.4 Å². The van der Waals surface area contributed by atoms with Crippen molar-refractivity contribution in [3.05, 3.63) is 29.8 Å². The van der Waals surface area contributed by atoms with Crippen LogP contribution in [0.25, 0.3) is 0 Å². The van der Waals surface area contributed by atoms with Crippen LogP contribution in [0.3, 0.4) is 0 Å². The topological polar surface area (TPSA) is 77.0 Å². The monoisotopic (exact) mass is 509 g/mol. The van der Waals surface area contributed by atoms with Crippen LogP contribution < -0.4 is 10.6 Å². The van der Waals surface area contributed by atoms with Crippen molar-refractivity contribution >= 4 is 40.0 Å². The van der Waals surface area contributed by atoms with Gasteiger partial charge in [-0.2, -0.15) is 4.31 Å². The fourth-order valence-corrected chi connectivity index (χ4v) is 4.42. The van der Waals surface area contributed by atoms with Crippen molar-refractivity contribution < 1.29 is 8.42 Å². The molecule has 2 rings (SSSR count). The van der Waals surface area contributed by atoms with E-state index in [0.717, 1.165) is 25.1 Å². The standard InChI is InChI=1S/C18H31N5O2S.HI/c1-5-15(2)21-18(19-3)20-14-16-8-6-7-9-17(16)26(24,25)23-12-10-22(4)11-13-23;/h6-9,15H,5,10-14H2,1-4H3,(H2,19,20,21);1H. The van der Waals surface area contributed by atoms with E-state index in [4.69, 9.17) is 0 Å². The molecule has 27 heavy (non-hydrogen) atoms. The van der Waals surface area contributed by atoms with Gasteiger partial charge in [0.15, 0.2) is 5.96 Å². The van der Waals surface area contributed by atoms with Crippen LogP contribution in [0, 0.1) is 0 Å². The number of hydrogen-bond donors (Lipinski definition) is 2. The fourth-order valence-electron chi connectivity index (χ4n) is 2.78. The van der Waals surface area contributed by atoms with Gasteiger partial charge in [0.25, 0.3) is 0 Å². The molecule has 1 aliphatic heterocycles. The third-order valence-electron chi connectivity index (χ3n) is 4.72. The molecule has 0 aliphatic carbocycles. The maximum absolute atomic E-state index is 13.1. The molecule has 1 unspecified atom stereocenters. The van der Waals surface area contributed by atoms with Gasteiger partial charge < -0.3 is 15.5 Å². The van der Waals surface area contributed by atoms with E-state index in [9.17, 15) is 8.42 Å². The maximum atomic E-state index is 13.1. The van der Waals surface area contributed by atoms with Gasteiger partial charge in [-0.15, -0.1) is 24.0 Å². The lowest BCUT2D eigenvalue weighted by molar-refractivity contribution is 0.222. The van der Waals surface area contributed by atoms with Crippen LogP contribution in [0.2, 0.25) is 0 Å². The smallest absolute Gasteiger partial charge is 0.243 e. The second kappa shape index (κ2) is 11.2. The van der Waals surface area contributed by atoms with Crippen LogP contribution >= 0.6 is 24.0 Å². The Hall–Kier alpha value is -0.910. The van der Waals surface area contributed by atoms with Crippen molar-refractivity contribution in [1.82, 2.24) is 19.8 Å². The van der Waals surface area contributed by atoms with Crippen LogP contribution in [0.15, 0.2) is 34.2 Å². The molecule has 7 nitrogen and oxygen atoms in total. The molecular weight excluding hydrogens is 477 g/mol. The Kier molecular flexibility index (Phi) is 9.99. The Labute approximate surface area is 180 Å². The molecule has 0 bridgehead atoms. The Morgan fingerprint density at radius 3 is 2.44 bits per heavy atom. The zero-order chi connectivity index (χ0) is 19.2. The zero-order valence-electron chi connectivity index (χ0n) is 16.6. The van der Waals surface area contributed by atoms with Crippen molar-refractivity contribution in [3.8, 4) is 0 Å². The Morgan fingerprint density at radius 2 is 1.85 bits per heavy atom. The van der Waals surface area contributed by atoms with Crippen molar-refractivity contribution in [2.45, 2.75) is 37.8 Å². The van der Waals surface area contributed by atoms with E-state index in [1.165, 1.54) is 0 Å². The first-order valence-electron chi connectivity index (χ1n) is 9.12. The second-order valence-electron chi connectivity index (χ2n) is 6.69. The molecule has 0 amide bonds. The number of benzene rings is 1. The molecule has 154 valence electrons. The van der Waals surface area contributed by atoms with Crippen molar-refractivity contribution in [2.24, 2.45) is 4.99 Å². The Morgan fingerprint density at radius 1 is 1.22 bits per heavy atom. The van der Waals surface area contributed by atoms with E-state index in [-0.39, 0.29) is 24.0 Å². The minimum absolute atomic E-state index is 0. The zero-order valence-corrected chi connectivity index (χ0v) is 19.8. The highest BCUT2D eigenvalue weighted by Gasteiger charge is 2.29. The first kappa shape index (κ1) is 24.1. The lowest BCUT2D eigenvalue weighted by Crippen LogP contribution is -2.47. The third kappa shape index (κ3) is 6.58. The number of rotatable bonds is 6. The van der Waals surface area contributed by atoms with Gasteiger partial charge in [0.2, 0.25) is 10.0 Å². The molecule has 2 N–H and O–H groups in total. The minimum atomic E-state index is -3.49. The summed E-state index contributed by atoms with van der Waals surface area (Å²) in [6, 6.07) is 7.48. The molecule has 9 heteroatoms. The number of aliphatic imine (C=N–C) groups is 1. The minimum Gasteiger partial charge on any atom is -0.354 e. The summed E-state index contributed by atoms with van der Waals surface area (Å²) in [5.41, 5.74) is 0.749. The lowest BCUT2D eigenvalue weighted by atomic mass is 10.2. The third-order valence-corrected chi connectivity index (χ3v) is 6.72. The van der Waals surface area contributed by atoms with Crippen LogP contribution in [0.1, 0.15) is 25.8 Å². The summed E-state index contributed by atoms with van der Waals surface area (Å²) in [6.07, 6.45) is 0.981. The molecular formula is C18H32IN5O2S. The molecule has 1 heterocycles. The molecule has 1 aliphatic rings. The number of nitrogens with one attached hydrogen (secondary N) is 2. The van der Waals surface area contributed by atoms with Gasteiger partial charge in [0.05, 0.1) is 4.90 Å². The largest absolute Gasteiger partial charge is 0.354 e. The number of halogens is 1. The first-order valence-corrected chi connectivity index (χ1v) is 10.6. The average Bonchev–Trinajstić information content (AvgIpc) is 2.65. The van der Waals surface area contributed by atoms with Crippen molar-refractivity contribution in [1.29, 1.82) is 0 Å². The van der Waals surface area contributed by atoms with E-state index >= 15 is 0 Å². The van der Waals surface area contributed by atoms with Gasteiger partial charge in [-0.1, -0.05) is 25.1 Å². The molecule has 0 aromatic heterocycles. The lowest BCUT2D eigenvalue weighted by Gasteiger charge is -2.32. The predicted octanol–water partition coefficient (Wildman–Crippen LogP) is 1.70. The van der Waals surface area contributed by atoms with Crippen LogP contribution in [-0.4, -0.2) is 69.9 Å². The summed E-state index contributed by atoms with van der Waals surface area (Å²) < 4.78 is 27.8. The number of sulfonamides is 1. The van der Waals surface area contributed by atoms with E-state index in [0.29, 0.717) is 36.5 Å². The van der Waals surface area contributed by atoms with E-state index in [1.54, 1.807) is 23.5 Å². The highest BCUT2D eigenvalue weighted by atomic mass is 127. The number of nitrogens with zero attached hydrogens (tertiary/aromatic N) is 3. The van der Waals surface area contributed by atoms with Gasteiger partial charge in [-0.25, -0.2) is 8.42 Å². The molecule has 1 saturated heterocycles. The van der Waals surface area contributed by atoms with E-state index in [1.807, 2.05) is 19.2 Å². The van der Waals surface area contributed by atoms with Gasteiger partial charge in [-0.3, -0.25) is 4.99 Å². The number of likely N-dealkylation sites (N-methyl/N-ethyl adjacent to an activating group) is 1. The molecule has 0 spiro atoms. The number of hydrogen-bond acceptors (Lipinski definition) is 4. The Balaban J connectivity index is 0.00000364. The Bertz CT molecular complexity index is 718. The van der Waals surface area contributed by atoms with Gasteiger partial charge in [0, 0.05) is 45.8 Å². The fraction of sp³-hybridized carbons (Fsp3) is 0.611. The van der Waals surface area contributed by atoms with Crippen LogP contribution in [0.5, 0.6) is 0 Å². The summed E-state index contributed by atoms with van der Waals surface area (Å²) >= 11 is 0. The molecule has 1 fully saturated rings. The van der Waals surface area contributed by atoms with Gasteiger partial charge in [0.1, 0.15) is 0 Å². The summed E-state index contributed by atoms with van der Waals surface area (Å²) in [5.74, 6) is 0.672. The highest BCUT2D eigenvalue weighted by molar-refractivity contribution is 14.0. The van der Waals surface area contributed by atoms with Crippen LogP contribution in [0.4, 0.5) is 0 Å². The van der Waals surface area contributed by atoms with Crippen molar-refractivity contribution in [2.75, 3.05) is 40.3 Å². The normalized spacial score (nSPS) is 17.9. The van der Waals surface area contributed by atoms with E-state index < -0.39 is 10.0 Å². The highest BCUT2D eigenvalue weighted by Crippen LogP contribution is 2.21. The summed E-state index contributed by atoms with van der Waals surface area (Å²) in [4.78, 5) is 6.72. The summed E-state index contributed by atoms with van der Waals surface area (Å²) in [6.45, 7) is 7.15. The predicted molar refractivity (Wildman–Crippen MR) is 121 cm³/mol. The molecule has 0 radical (unpaired) electrons. The maximum Gasteiger partial charge on any atom is 0.243 e.